The SMILES string of the molecule is CCCOc1cc2c(cc1OCCC)CCN(C(=O)c1cc(C)c3c(=O)[nH]c(=O)[nH]c3n1)CC2. The average molecular weight is 467 g/mol. The largest absolute Gasteiger partial charge is 0.490 e. The average Bonchev–Trinajstić information content (AvgIpc) is 3.01. The Morgan fingerprint density at radius 3 is 2.12 bits per heavy atom. The number of nitrogens with one attached hydrogen (secondary N) is 2. The van der Waals surface area contributed by atoms with Crippen LogP contribution in [0.15, 0.2) is 27.8 Å². The van der Waals surface area contributed by atoms with Crippen LogP contribution in [0.5, 0.6) is 11.5 Å². The van der Waals surface area contributed by atoms with E-state index in [4.69, 9.17) is 9.47 Å². The summed E-state index contributed by atoms with van der Waals surface area (Å²) in [6.45, 7) is 8.13. The lowest BCUT2D eigenvalue weighted by Crippen LogP contribution is -2.34. The molecule has 0 fully saturated rings. The number of carbonyl (C=O) groups is 1. The standard InChI is InChI=1S/C25H30N4O5/c1-4-10-33-19-13-16-6-8-29(9-7-17(16)14-20(19)34-11-5-2)24(31)18-12-15(3)21-22(26-18)27-25(32)28-23(21)30/h12-14H,4-11H2,1-3H3,(H2,26,27,28,30,32). The molecular formula is C25H30N4O5. The minimum Gasteiger partial charge on any atom is -0.490 e. The van der Waals surface area contributed by atoms with E-state index in [2.05, 4.69) is 28.8 Å². The Kier molecular flexibility index (Phi) is 7.00. The Morgan fingerprint density at radius 1 is 0.971 bits per heavy atom. The van der Waals surface area contributed by atoms with E-state index in [-0.39, 0.29) is 22.6 Å². The molecule has 3 aromatic rings. The number of fused-ring (bicyclic) bond motifs is 2. The Labute approximate surface area is 197 Å². The van der Waals surface area contributed by atoms with Gasteiger partial charge in [-0.3, -0.25) is 19.6 Å². The van der Waals surface area contributed by atoms with Crippen molar-refractivity contribution in [2.24, 2.45) is 0 Å². The fourth-order valence-corrected chi connectivity index (χ4v) is 4.21. The summed E-state index contributed by atoms with van der Waals surface area (Å²) in [5, 5.41) is 0.277. The highest BCUT2D eigenvalue weighted by molar-refractivity contribution is 5.95. The molecular weight excluding hydrogens is 436 g/mol. The predicted octanol–water partition coefficient (Wildman–Crippen LogP) is 2.74. The second kappa shape index (κ2) is 10.1. The molecule has 2 aromatic heterocycles. The van der Waals surface area contributed by atoms with Gasteiger partial charge in [0.25, 0.3) is 11.5 Å². The molecule has 9 nitrogen and oxygen atoms in total. The van der Waals surface area contributed by atoms with Gasteiger partial charge in [0, 0.05) is 13.1 Å². The van der Waals surface area contributed by atoms with E-state index in [1.54, 1.807) is 17.9 Å². The molecule has 2 N–H and O–H groups in total. The second-order valence-electron chi connectivity index (χ2n) is 8.51. The summed E-state index contributed by atoms with van der Waals surface area (Å²) in [6, 6.07) is 5.68. The molecule has 0 saturated heterocycles. The maximum Gasteiger partial charge on any atom is 0.327 e. The number of pyridine rings is 1. The summed E-state index contributed by atoms with van der Waals surface area (Å²) in [7, 11) is 0. The van der Waals surface area contributed by atoms with Gasteiger partial charge in [-0.2, -0.15) is 0 Å². The molecule has 1 amide bonds. The van der Waals surface area contributed by atoms with E-state index < -0.39 is 11.2 Å². The van der Waals surface area contributed by atoms with Gasteiger partial charge in [-0.15, -0.1) is 0 Å². The first-order chi connectivity index (χ1) is 16.4. The van der Waals surface area contributed by atoms with E-state index in [1.165, 1.54) is 0 Å². The molecule has 0 aliphatic carbocycles. The molecule has 34 heavy (non-hydrogen) atoms. The maximum atomic E-state index is 13.3. The van der Waals surface area contributed by atoms with Gasteiger partial charge in [0.05, 0.1) is 18.6 Å². The van der Waals surface area contributed by atoms with Crippen molar-refractivity contribution in [3.63, 3.8) is 0 Å². The molecule has 3 heterocycles. The molecule has 180 valence electrons. The molecule has 0 atom stereocenters. The first-order valence-electron chi connectivity index (χ1n) is 11.8. The highest BCUT2D eigenvalue weighted by Crippen LogP contribution is 2.33. The molecule has 1 aliphatic heterocycles. The summed E-state index contributed by atoms with van der Waals surface area (Å²) >= 11 is 0. The van der Waals surface area contributed by atoms with Crippen LogP contribution in [-0.4, -0.2) is 52.1 Å². The van der Waals surface area contributed by atoms with Crippen LogP contribution in [0, 0.1) is 6.92 Å². The van der Waals surface area contributed by atoms with Crippen LogP contribution in [0.3, 0.4) is 0 Å². The predicted molar refractivity (Wildman–Crippen MR) is 129 cm³/mol. The van der Waals surface area contributed by atoms with Crippen LogP contribution in [-0.2, 0) is 12.8 Å². The highest BCUT2D eigenvalue weighted by atomic mass is 16.5. The number of benzene rings is 1. The van der Waals surface area contributed by atoms with E-state index >= 15 is 0 Å². The minimum atomic E-state index is -0.651. The lowest BCUT2D eigenvalue weighted by Gasteiger charge is -2.20. The zero-order chi connectivity index (χ0) is 24.2. The Balaban J connectivity index is 1.59. The smallest absolute Gasteiger partial charge is 0.327 e. The Hall–Kier alpha value is -3.62. The number of aromatic amines is 2. The number of rotatable bonds is 7. The third-order valence-corrected chi connectivity index (χ3v) is 5.90. The third-order valence-electron chi connectivity index (χ3n) is 5.90. The van der Waals surface area contributed by atoms with E-state index in [1.807, 2.05) is 12.1 Å². The van der Waals surface area contributed by atoms with Crippen molar-refractivity contribution in [2.45, 2.75) is 46.5 Å². The molecule has 4 rings (SSSR count). The van der Waals surface area contributed by atoms with Crippen molar-refractivity contribution in [2.75, 3.05) is 26.3 Å². The van der Waals surface area contributed by atoms with E-state index in [9.17, 15) is 14.4 Å². The topological polar surface area (TPSA) is 117 Å². The number of hydrogen-bond donors (Lipinski definition) is 2. The lowest BCUT2D eigenvalue weighted by atomic mass is 10.0. The van der Waals surface area contributed by atoms with Crippen molar-refractivity contribution in [1.29, 1.82) is 0 Å². The Morgan fingerprint density at radius 2 is 1.56 bits per heavy atom. The molecule has 1 aliphatic rings. The number of H-pyrrole nitrogens is 2. The highest BCUT2D eigenvalue weighted by Gasteiger charge is 2.23. The lowest BCUT2D eigenvalue weighted by molar-refractivity contribution is 0.0757. The fraction of sp³-hybridized carbons (Fsp3) is 0.440. The monoisotopic (exact) mass is 466 g/mol. The maximum absolute atomic E-state index is 13.3. The van der Waals surface area contributed by atoms with Crippen LogP contribution in [0.4, 0.5) is 0 Å². The molecule has 0 saturated carbocycles. The summed E-state index contributed by atoms with van der Waals surface area (Å²) in [5.41, 5.74) is 2.02. The number of carbonyl (C=O) groups excluding carboxylic acids is 1. The van der Waals surface area contributed by atoms with Gasteiger partial charge in [0.2, 0.25) is 0 Å². The zero-order valence-electron chi connectivity index (χ0n) is 19.8. The zero-order valence-corrected chi connectivity index (χ0v) is 19.8. The summed E-state index contributed by atoms with van der Waals surface area (Å²) in [5.74, 6) is 1.26. The number of hydrogen-bond acceptors (Lipinski definition) is 6. The Bertz CT molecular complexity index is 1290. The fourth-order valence-electron chi connectivity index (χ4n) is 4.21. The molecule has 0 radical (unpaired) electrons. The van der Waals surface area contributed by atoms with Gasteiger partial charge in [0.15, 0.2) is 11.5 Å². The van der Waals surface area contributed by atoms with Gasteiger partial charge in [-0.25, -0.2) is 9.78 Å². The molecule has 9 heteroatoms. The van der Waals surface area contributed by atoms with Gasteiger partial charge >= 0.3 is 5.69 Å². The van der Waals surface area contributed by atoms with Crippen molar-refractivity contribution in [1.82, 2.24) is 19.9 Å². The van der Waals surface area contributed by atoms with Crippen LogP contribution < -0.4 is 20.7 Å². The van der Waals surface area contributed by atoms with Crippen molar-refractivity contribution >= 4 is 16.9 Å². The molecule has 1 aromatic carbocycles. The van der Waals surface area contributed by atoms with Crippen molar-refractivity contribution in [3.8, 4) is 11.5 Å². The summed E-state index contributed by atoms with van der Waals surface area (Å²) < 4.78 is 11.9. The first-order valence-corrected chi connectivity index (χ1v) is 11.8. The minimum absolute atomic E-state index is 0.116. The third kappa shape index (κ3) is 4.83. The number of ether oxygens (including phenoxy) is 2. The van der Waals surface area contributed by atoms with Gasteiger partial charge in [-0.05, 0) is 67.5 Å². The first kappa shape index (κ1) is 23.5. The number of aryl methyl sites for hydroxylation is 1. The normalized spacial score (nSPS) is 13.4. The molecule has 0 bridgehead atoms. The van der Waals surface area contributed by atoms with Crippen molar-refractivity contribution in [3.05, 3.63) is 61.4 Å². The number of aromatic nitrogens is 3. The molecule has 0 spiro atoms. The van der Waals surface area contributed by atoms with Gasteiger partial charge in [-0.1, -0.05) is 13.8 Å². The summed E-state index contributed by atoms with van der Waals surface area (Å²) in [6.07, 6.45) is 3.17. The van der Waals surface area contributed by atoms with Crippen molar-refractivity contribution < 1.29 is 14.3 Å². The summed E-state index contributed by atoms with van der Waals surface area (Å²) in [4.78, 5) is 47.9. The van der Waals surface area contributed by atoms with E-state index in [0.29, 0.717) is 44.7 Å². The van der Waals surface area contributed by atoms with Gasteiger partial charge < -0.3 is 14.4 Å². The van der Waals surface area contributed by atoms with Gasteiger partial charge in [0.1, 0.15) is 11.3 Å². The van der Waals surface area contributed by atoms with Crippen LogP contribution in [0.2, 0.25) is 0 Å². The number of nitrogens with zero attached hydrogens (tertiary/aromatic N) is 2. The van der Waals surface area contributed by atoms with E-state index in [0.717, 1.165) is 35.5 Å². The quantitative estimate of drug-likeness (QED) is 0.553. The van der Waals surface area contributed by atoms with Crippen LogP contribution >= 0.6 is 0 Å². The van der Waals surface area contributed by atoms with Crippen LogP contribution in [0.1, 0.15) is 53.9 Å². The molecule has 0 unspecified atom stereocenters. The second-order valence-corrected chi connectivity index (χ2v) is 8.51. The number of amides is 1. The van der Waals surface area contributed by atoms with Crippen LogP contribution in [0.25, 0.3) is 11.0 Å².